The number of rotatable bonds is 3. The minimum atomic E-state index is -0.951. The summed E-state index contributed by atoms with van der Waals surface area (Å²) >= 11 is 1.85. The lowest BCUT2D eigenvalue weighted by Crippen LogP contribution is -3.00. The molecule has 3 nitrogen and oxygen atoms in total. The van der Waals surface area contributed by atoms with Crippen LogP contribution in [0.5, 0.6) is 0 Å². The van der Waals surface area contributed by atoms with Crippen molar-refractivity contribution in [1.29, 1.82) is 0 Å². The van der Waals surface area contributed by atoms with E-state index in [9.17, 15) is 5.11 Å². The summed E-state index contributed by atoms with van der Waals surface area (Å²) in [6, 6.07) is 18.8. The average molecular weight is 419 g/mol. The number of anilines is 1. The number of hydrogen-bond acceptors (Lipinski definition) is 3. The second-order valence-electron chi connectivity index (χ2n) is 6.43. The Morgan fingerprint density at radius 1 is 1.12 bits per heavy atom. The lowest BCUT2D eigenvalue weighted by atomic mass is 10.0. The quantitative estimate of drug-likeness (QED) is 0.731. The van der Waals surface area contributed by atoms with E-state index in [4.69, 9.17) is 0 Å². The van der Waals surface area contributed by atoms with Gasteiger partial charge in [-0.15, -0.1) is 0 Å². The first-order valence-electron chi connectivity index (χ1n) is 8.64. The van der Waals surface area contributed by atoms with E-state index < -0.39 is 5.72 Å². The van der Waals surface area contributed by atoms with Crippen LogP contribution >= 0.6 is 11.8 Å². The normalized spacial score (nSPS) is 22.6. The molecule has 132 valence electrons. The Hall–Kier alpha value is -1.30. The maximum absolute atomic E-state index is 11.5. The molecule has 2 aromatic carbocycles. The third-order valence-corrected chi connectivity index (χ3v) is 6.13. The molecule has 2 aliphatic rings. The van der Waals surface area contributed by atoms with Crippen LogP contribution in [0.1, 0.15) is 24.5 Å². The van der Waals surface area contributed by atoms with Crippen LogP contribution in [0.15, 0.2) is 54.6 Å². The molecule has 2 aliphatic heterocycles. The molecule has 0 aromatic heterocycles. The van der Waals surface area contributed by atoms with E-state index in [1.165, 1.54) is 10.7 Å². The molecule has 0 radical (unpaired) electrons. The minimum absolute atomic E-state index is 0. The van der Waals surface area contributed by atoms with Crippen LogP contribution in [0.3, 0.4) is 0 Å². The van der Waals surface area contributed by atoms with Gasteiger partial charge in [0, 0.05) is 11.3 Å². The Labute approximate surface area is 164 Å². The first-order chi connectivity index (χ1) is 11.7. The monoisotopic (exact) mass is 418 g/mol. The molecule has 1 atom stereocenters. The lowest BCUT2D eigenvalue weighted by Gasteiger charge is -2.24. The summed E-state index contributed by atoms with van der Waals surface area (Å²) in [5, 5.41) is 12.7. The summed E-state index contributed by atoms with van der Waals surface area (Å²) in [7, 11) is 0. The van der Waals surface area contributed by atoms with Crippen molar-refractivity contribution >= 4 is 22.6 Å². The average Bonchev–Trinajstić information content (AvgIpc) is 2.97. The lowest BCUT2D eigenvalue weighted by molar-refractivity contribution is -0.656. The van der Waals surface area contributed by atoms with Crippen LogP contribution in [0.4, 0.5) is 5.69 Å². The molecular weight excluding hydrogens is 396 g/mol. The zero-order valence-corrected chi connectivity index (χ0v) is 16.8. The second kappa shape index (κ2) is 7.52. The van der Waals surface area contributed by atoms with Crippen molar-refractivity contribution in [2.24, 2.45) is 0 Å². The highest BCUT2D eigenvalue weighted by Crippen LogP contribution is 2.37. The van der Waals surface area contributed by atoms with Gasteiger partial charge in [0.25, 0.3) is 5.72 Å². The number of thioether (sulfide) groups is 1. The molecule has 1 unspecified atom stereocenters. The summed E-state index contributed by atoms with van der Waals surface area (Å²) in [4.78, 5) is 2.27. The number of aliphatic hydroxyl groups is 1. The van der Waals surface area contributed by atoms with Crippen LogP contribution in [0, 0.1) is 0 Å². The van der Waals surface area contributed by atoms with Crippen molar-refractivity contribution < 1.29 is 26.7 Å². The molecule has 0 bridgehead atoms. The molecule has 5 heteroatoms. The van der Waals surface area contributed by atoms with Crippen molar-refractivity contribution in [2.45, 2.75) is 25.5 Å². The van der Waals surface area contributed by atoms with Gasteiger partial charge in [-0.1, -0.05) is 49.4 Å². The number of nitrogens with zero attached hydrogens (tertiary/aromatic N) is 2. The fraction of sp³-hybridized carbons (Fsp3) is 0.350. The molecule has 2 aromatic rings. The van der Waals surface area contributed by atoms with Gasteiger partial charge in [-0.05, 0) is 42.3 Å². The predicted octanol–water partition coefficient (Wildman–Crippen LogP) is 0.424. The number of aryl methyl sites for hydroxylation is 1. The van der Waals surface area contributed by atoms with E-state index >= 15 is 0 Å². The molecule has 2 heterocycles. The van der Waals surface area contributed by atoms with Gasteiger partial charge in [-0.2, -0.15) is 0 Å². The van der Waals surface area contributed by atoms with Gasteiger partial charge in [-0.3, -0.25) is 0 Å². The predicted molar refractivity (Wildman–Crippen MR) is 101 cm³/mol. The van der Waals surface area contributed by atoms with Crippen LogP contribution in [0.2, 0.25) is 0 Å². The molecule has 0 saturated carbocycles. The van der Waals surface area contributed by atoms with E-state index in [0.29, 0.717) is 6.54 Å². The van der Waals surface area contributed by atoms with E-state index in [1.54, 1.807) is 0 Å². The molecule has 1 N–H and O–H groups in total. The topological polar surface area (TPSA) is 26.5 Å². The second-order valence-corrected chi connectivity index (χ2v) is 7.49. The number of benzene rings is 2. The number of amidine groups is 1. The van der Waals surface area contributed by atoms with Gasteiger partial charge >= 0.3 is 5.17 Å². The van der Waals surface area contributed by atoms with Crippen molar-refractivity contribution in [3.8, 4) is 0 Å². The summed E-state index contributed by atoms with van der Waals surface area (Å²) in [6.07, 6.45) is 2.15. The van der Waals surface area contributed by atoms with Crippen LogP contribution in [-0.4, -0.2) is 33.7 Å². The highest BCUT2D eigenvalue weighted by molar-refractivity contribution is 8.13. The van der Waals surface area contributed by atoms with Crippen LogP contribution in [0.25, 0.3) is 0 Å². The standard InChI is InChI=1S/C20H23N2OS.BrH/c1-2-16-9-11-18(12-10-16)21-15-20(23,17-7-4-3-5-8-17)22-13-6-14-24-19(21)22;/h3-5,7-12,23H,2,6,13-15H2,1H3;1H/q+1;/p-1. The molecule has 0 aliphatic carbocycles. The molecule has 0 fully saturated rings. The highest BCUT2D eigenvalue weighted by atomic mass is 79.9. The number of β-amino-alcohol motifs (C(OH)–C–C–N with tert-alkyl or cyclic N) is 1. The van der Waals surface area contributed by atoms with Gasteiger partial charge in [0.1, 0.15) is 5.69 Å². The third-order valence-electron chi connectivity index (χ3n) is 4.94. The summed E-state index contributed by atoms with van der Waals surface area (Å²) in [6.45, 7) is 3.65. The number of halogens is 1. The van der Waals surface area contributed by atoms with Crippen molar-refractivity contribution in [3.63, 3.8) is 0 Å². The fourth-order valence-corrected chi connectivity index (χ4v) is 4.75. The Kier molecular flexibility index (Phi) is 5.56. The van der Waals surface area contributed by atoms with Crippen LogP contribution in [-0.2, 0) is 12.1 Å². The zero-order chi connectivity index (χ0) is 16.6. The Morgan fingerprint density at radius 3 is 2.52 bits per heavy atom. The van der Waals surface area contributed by atoms with Gasteiger partial charge in [0.2, 0.25) is 0 Å². The molecule has 0 saturated heterocycles. The van der Waals surface area contributed by atoms with Gasteiger partial charge < -0.3 is 22.1 Å². The summed E-state index contributed by atoms with van der Waals surface area (Å²) in [5.74, 6) is 1.11. The van der Waals surface area contributed by atoms with Gasteiger partial charge in [0.15, 0.2) is 6.54 Å². The smallest absolute Gasteiger partial charge is 0.316 e. The molecule has 25 heavy (non-hydrogen) atoms. The van der Waals surface area contributed by atoms with Crippen molar-refractivity contribution in [2.75, 3.05) is 23.7 Å². The molecule has 0 spiro atoms. The Balaban J connectivity index is 0.00000182. The maximum Gasteiger partial charge on any atom is 0.316 e. The third kappa shape index (κ3) is 3.25. The number of hydrogen-bond donors (Lipinski definition) is 1. The van der Waals surface area contributed by atoms with Gasteiger partial charge in [0.05, 0.1) is 6.54 Å². The van der Waals surface area contributed by atoms with Crippen LogP contribution < -0.4 is 21.9 Å². The molecule has 0 amide bonds. The largest absolute Gasteiger partial charge is 1.00 e. The zero-order valence-electron chi connectivity index (χ0n) is 14.4. The maximum atomic E-state index is 11.5. The molecular formula is C20H23BrN2OS. The Morgan fingerprint density at radius 2 is 1.84 bits per heavy atom. The van der Waals surface area contributed by atoms with Gasteiger partial charge in [-0.25, -0.2) is 9.48 Å². The minimum Gasteiger partial charge on any atom is -1.00 e. The SMILES string of the molecule is CCc1ccc(N2CC(O)(c3ccccc3)[N+]3=C2SCCC3)cc1.[Br-]. The van der Waals surface area contributed by atoms with Crippen molar-refractivity contribution in [1.82, 2.24) is 0 Å². The highest BCUT2D eigenvalue weighted by Gasteiger charge is 2.53. The van der Waals surface area contributed by atoms with E-state index in [2.05, 4.69) is 40.7 Å². The Bertz CT molecular complexity index is 763. The first-order valence-corrected chi connectivity index (χ1v) is 9.63. The first kappa shape index (κ1) is 18.5. The fourth-order valence-electron chi connectivity index (χ4n) is 3.57. The summed E-state index contributed by atoms with van der Waals surface area (Å²) in [5.41, 5.74) is 2.52. The molecule has 4 rings (SSSR count). The summed E-state index contributed by atoms with van der Waals surface area (Å²) < 4.78 is 2.18. The van der Waals surface area contributed by atoms with E-state index in [1.807, 2.05) is 42.1 Å². The van der Waals surface area contributed by atoms with Crippen molar-refractivity contribution in [3.05, 3.63) is 65.7 Å². The van der Waals surface area contributed by atoms with E-state index in [-0.39, 0.29) is 17.0 Å². The van der Waals surface area contributed by atoms with E-state index in [0.717, 1.165) is 36.4 Å².